The van der Waals surface area contributed by atoms with Crippen molar-refractivity contribution in [1.29, 1.82) is 0 Å². The average Bonchev–Trinajstić information content (AvgIpc) is 2.60. The van der Waals surface area contributed by atoms with Gasteiger partial charge in [0.1, 0.15) is 0 Å². The number of fused-ring (bicyclic) bond motifs is 1. The van der Waals surface area contributed by atoms with E-state index in [0.29, 0.717) is 11.2 Å². The lowest BCUT2D eigenvalue weighted by Gasteiger charge is -2.13. The summed E-state index contributed by atoms with van der Waals surface area (Å²) in [7, 11) is 0. The van der Waals surface area contributed by atoms with E-state index in [1.165, 1.54) is 0 Å². The number of nitrogens with one attached hydrogen (secondary N) is 2. The Kier molecular flexibility index (Phi) is 4.99. The summed E-state index contributed by atoms with van der Waals surface area (Å²) >= 11 is 5.90. The van der Waals surface area contributed by atoms with Crippen LogP contribution < -0.4 is 10.6 Å². The van der Waals surface area contributed by atoms with Gasteiger partial charge in [0, 0.05) is 11.6 Å². The van der Waals surface area contributed by atoms with Gasteiger partial charge in [0.15, 0.2) is 0 Å². The molecule has 0 saturated carbocycles. The number of para-hydroxylation sites is 1. The van der Waals surface area contributed by atoms with Gasteiger partial charge in [-0.2, -0.15) is 13.2 Å². The van der Waals surface area contributed by atoms with Crippen LogP contribution in [0.1, 0.15) is 5.56 Å². The maximum atomic E-state index is 12.8. The zero-order chi connectivity index (χ0) is 18.7. The topological polar surface area (TPSA) is 54.0 Å². The maximum Gasteiger partial charge on any atom is 0.416 e. The number of aromatic nitrogens is 1. The van der Waals surface area contributed by atoms with Crippen LogP contribution in [0.3, 0.4) is 0 Å². The molecule has 1 aromatic heterocycles. The van der Waals surface area contributed by atoms with Gasteiger partial charge in [-0.3, -0.25) is 9.78 Å². The fourth-order valence-electron chi connectivity index (χ4n) is 2.41. The summed E-state index contributed by atoms with van der Waals surface area (Å²) in [6, 6.07) is 11.9. The molecule has 2 N–H and O–H groups in total. The van der Waals surface area contributed by atoms with Crippen LogP contribution in [0.4, 0.5) is 24.5 Å². The van der Waals surface area contributed by atoms with Crippen LogP contribution in [-0.2, 0) is 11.0 Å². The number of hydrogen-bond acceptors (Lipinski definition) is 3. The first kappa shape index (κ1) is 18.0. The molecule has 134 valence electrons. The number of carbonyl (C=O) groups excluding carboxylic acids is 1. The number of alkyl halides is 3. The van der Waals surface area contributed by atoms with E-state index in [2.05, 4.69) is 15.6 Å². The molecule has 0 fully saturated rings. The fraction of sp³-hybridized carbons (Fsp3) is 0.111. The lowest BCUT2D eigenvalue weighted by molar-refractivity contribution is -0.137. The smallest absolute Gasteiger partial charge is 0.375 e. The number of rotatable bonds is 4. The fourth-order valence-corrected chi connectivity index (χ4v) is 2.60. The molecule has 0 aliphatic carbocycles. The summed E-state index contributed by atoms with van der Waals surface area (Å²) in [5, 5.41) is 6.27. The Labute approximate surface area is 152 Å². The molecule has 8 heteroatoms. The Morgan fingerprint density at radius 3 is 2.62 bits per heavy atom. The second-order valence-electron chi connectivity index (χ2n) is 5.47. The third-order valence-corrected chi connectivity index (χ3v) is 3.97. The number of carbonyl (C=O) groups is 1. The zero-order valence-electron chi connectivity index (χ0n) is 13.3. The van der Waals surface area contributed by atoms with E-state index in [1.54, 1.807) is 24.4 Å². The summed E-state index contributed by atoms with van der Waals surface area (Å²) in [6.07, 6.45) is -2.88. The Hall–Kier alpha value is -2.80. The van der Waals surface area contributed by atoms with Gasteiger partial charge in [-0.15, -0.1) is 0 Å². The molecule has 0 radical (unpaired) electrons. The second kappa shape index (κ2) is 7.21. The highest BCUT2D eigenvalue weighted by Crippen LogP contribution is 2.33. The minimum Gasteiger partial charge on any atom is -0.375 e. The van der Waals surface area contributed by atoms with Gasteiger partial charge in [0.2, 0.25) is 5.91 Å². The molecule has 0 unspecified atom stereocenters. The van der Waals surface area contributed by atoms with E-state index in [4.69, 9.17) is 11.6 Å². The van der Waals surface area contributed by atoms with E-state index in [1.807, 2.05) is 12.1 Å². The van der Waals surface area contributed by atoms with Crippen molar-refractivity contribution in [2.24, 2.45) is 0 Å². The van der Waals surface area contributed by atoms with Crippen LogP contribution in [0, 0.1) is 0 Å². The monoisotopic (exact) mass is 379 g/mol. The standard InChI is InChI=1S/C18H13ClF3N3O/c19-13-7-6-12(18(20,21)22)9-15(13)24-10-16(26)25-14-5-1-3-11-4-2-8-23-17(11)14/h1-9,24H,10H2,(H,25,26). The number of benzene rings is 2. The van der Waals surface area contributed by atoms with E-state index in [9.17, 15) is 18.0 Å². The summed E-state index contributed by atoms with van der Waals surface area (Å²) in [5.74, 6) is -0.434. The van der Waals surface area contributed by atoms with Gasteiger partial charge < -0.3 is 10.6 Å². The van der Waals surface area contributed by atoms with Crippen molar-refractivity contribution >= 4 is 39.8 Å². The van der Waals surface area contributed by atoms with Gasteiger partial charge in [-0.25, -0.2) is 0 Å². The maximum absolute atomic E-state index is 12.8. The van der Waals surface area contributed by atoms with Gasteiger partial charge in [-0.1, -0.05) is 29.8 Å². The lowest BCUT2D eigenvalue weighted by atomic mass is 10.2. The molecule has 0 aliphatic rings. The van der Waals surface area contributed by atoms with Crippen molar-refractivity contribution in [3.8, 4) is 0 Å². The number of pyridine rings is 1. The van der Waals surface area contributed by atoms with E-state index in [0.717, 1.165) is 23.6 Å². The number of amides is 1. The first-order valence-electron chi connectivity index (χ1n) is 7.59. The molecular weight excluding hydrogens is 367 g/mol. The molecule has 0 bridgehead atoms. The predicted molar refractivity (Wildman–Crippen MR) is 95.3 cm³/mol. The third kappa shape index (κ3) is 4.05. The highest BCUT2D eigenvalue weighted by molar-refractivity contribution is 6.33. The van der Waals surface area contributed by atoms with Crippen LogP contribution >= 0.6 is 11.6 Å². The van der Waals surface area contributed by atoms with Crippen molar-refractivity contribution < 1.29 is 18.0 Å². The van der Waals surface area contributed by atoms with Gasteiger partial charge >= 0.3 is 6.18 Å². The summed E-state index contributed by atoms with van der Waals surface area (Å²) < 4.78 is 38.3. The van der Waals surface area contributed by atoms with Crippen LogP contribution in [0.5, 0.6) is 0 Å². The minimum atomic E-state index is -4.49. The first-order valence-corrected chi connectivity index (χ1v) is 7.96. The van der Waals surface area contributed by atoms with E-state index in [-0.39, 0.29) is 17.3 Å². The molecule has 0 aliphatic heterocycles. The Morgan fingerprint density at radius 1 is 1.08 bits per heavy atom. The number of anilines is 2. The van der Waals surface area contributed by atoms with Crippen LogP contribution in [0.2, 0.25) is 5.02 Å². The molecule has 26 heavy (non-hydrogen) atoms. The molecule has 1 amide bonds. The minimum absolute atomic E-state index is 0.0349. The molecule has 1 heterocycles. The molecule has 0 spiro atoms. The normalized spacial score (nSPS) is 11.4. The summed E-state index contributed by atoms with van der Waals surface area (Å²) in [6.45, 7) is -0.246. The summed E-state index contributed by atoms with van der Waals surface area (Å²) in [5.41, 5.74) is 0.334. The predicted octanol–water partition coefficient (Wildman–Crippen LogP) is 4.96. The van der Waals surface area contributed by atoms with Crippen molar-refractivity contribution in [2.75, 3.05) is 17.2 Å². The van der Waals surface area contributed by atoms with Crippen molar-refractivity contribution in [3.63, 3.8) is 0 Å². The highest BCUT2D eigenvalue weighted by atomic mass is 35.5. The highest BCUT2D eigenvalue weighted by Gasteiger charge is 2.31. The number of nitrogens with zero attached hydrogens (tertiary/aromatic N) is 1. The SMILES string of the molecule is O=C(CNc1cc(C(F)(F)F)ccc1Cl)Nc1cccc2cccnc12. The molecule has 2 aromatic carbocycles. The average molecular weight is 380 g/mol. The van der Waals surface area contributed by atoms with Crippen molar-refractivity contribution in [1.82, 2.24) is 4.98 Å². The number of halogens is 4. The van der Waals surface area contributed by atoms with Gasteiger partial charge in [0.25, 0.3) is 0 Å². The summed E-state index contributed by atoms with van der Waals surface area (Å²) in [4.78, 5) is 16.4. The molecule has 0 saturated heterocycles. The largest absolute Gasteiger partial charge is 0.416 e. The number of hydrogen-bond donors (Lipinski definition) is 2. The third-order valence-electron chi connectivity index (χ3n) is 3.64. The Balaban J connectivity index is 1.71. The quantitative estimate of drug-likeness (QED) is 0.673. The zero-order valence-corrected chi connectivity index (χ0v) is 14.0. The Bertz CT molecular complexity index is 955. The molecule has 0 atom stereocenters. The van der Waals surface area contributed by atoms with E-state index < -0.39 is 17.6 Å². The molecule has 3 aromatic rings. The van der Waals surface area contributed by atoms with Crippen LogP contribution in [0.25, 0.3) is 10.9 Å². The first-order chi connectivity index (χ1) is 12.3. The van der Waals surface area contributed by atoms with Gasteiger partial charge in [-0.05, 0) is 30.3 Å². The van der Waals surface area contributed by atoms with E-state index >= 15 is 0 Å². The molecule has 3 rings (SSSR count). The van der Waals surface area contributed by atoms with Crippen molar-refractivity contribution in [2.45, 2.75) is 6.18 Å². The molecular formula is C18H13ClF3N3O. The second-order valence-corrected chi connectivity index (χ2v) is 5.88. The van der Waals surface area contributed by atoms with Crippen LogP contribution in [0.15, 0.2) is 54.7 Å². The van der Waals surface area contributed by atoms with Gasteiger partial charge in [0.05, 0.1) is 34.0 Å². The molecule has 4 nitrogen and oxygen atoms in total. The Morgan fingerprint density at radius 2 is 1.85 bits per heavy atom. The lowest BCUT2D eigenvalue weighted by Crippen LogP contribution is -2.22. The van der Waals surface area contributed by atoms with Crippen molar-refractivity contribution in [3.05, 3.63) is 65.3 Å². The van der Waals surface area contributed by atoms with Crippen LogP contribution in [-0.4, -0.2) is 17.4 Å².